The Morgan fingerprint density at radius 3 is 2.55 bits per heavy atom. The van der Waals surface area contributed by atoms with E-state index in [2.05, 4.69) is 22.0 Å². The Kier molecular flexibility index (Phi) is 7.68. The van der Waals surface area contributed by atoms with Crippen molar-refractivity contribution in [2.75, 3.05) is 40.0 Å². The highest BCUT2D eigenvalue weighted by molar-refractivity contribution is 14.0. The summed E-state index contributed by atoms with van der Waals surface area (Å²) in [6.07, 6.45) is 0.884. The van der Waals surface area contributed by atoms with Crippen molar-refractivity contribution in [1.29, 1.82) is 0 Å². The second-order valence-corrected chi connectivity index (χ2v) is 4.44. The van der Waals surface area contributed by atoms with Crippen LogP contribution in [-0.4, -0.2) is 50.8 Å². The molecule has 0 atom stereocenters. The molecule has 0 aliphatic carbocycles. The van der Waals surface area contributed by atoms with E-state index in [1.165, 1.54) is 5.56 Å². The molecule has 1 aliphatic rings. The Bertz CT molecular complexity index is 417. The molecule has 2 rings (SSSR count). The number of nitrogens with two attached hydrogens (primary N) is 1. The second-order valence-electron chi connectivity index (χ2n) is 4.44. The van der Waals surface area contributed by atoms with E-state index in [0.717, 1.165) is 38.5 Å². The van der Waals surface area contributed by atoms with Gasteiger partial charge in [-0.2, -0.15) is 0 Å². The first-order valence-electron chi connectivity index (χ1n) is 6.55. The number of halogens is 1. The summed E-state index contributed by atoms with van der Waals surface area (Å²) in [7, 11) is 1.67. The third-order valence-corrected chi connectivity index (χ3v) is 3.17. The lowest BCUT2D eigenvalue weighted by Gasteiger charge is -2.27. The van der Waals surface area contributed by atoms with E-state index in [1.807, 2.05) is 12.1 Å². The molecule has 0 radical (unpaired) electrons. The average molecular weight is 391 g/mol. The van der Waals surface area contributed by atoms with Gasteiger partial charge < -0.3 is 20.1 Å². The first-order chi connectivity index (χ1) is 9.29. The molecule has 20 heavy (non-hydrogen) atoms. The van der Waals surface area contributed by atoms with Gasteiger partial charge in [0, 0.05) is 19.6 Å². The minimum Gasteiger partial charge on any atom is -0.497 e. The van der Waals surface area contributed by atoms with Crippen LogP contribution in [0.2, 0.25) is 0 Å². The lowest BCUT2D eigenvalue weighted by Crippen LogP contribution is -2.44. The van der Waals surface area contributed by atoms with Gasteiger partial charge in [-0.1, -0.05) is 12.1 Å². The lowest BCUT2D eigenvalue weighted by atomic mass is 10.1. The zero-order valence-electron chi connectivity index (χ0n) is 11.7. The van der Waals surface area contributed by atoms with Crippen molar-refractivity contribution in [2.45, 2.75) is 6.42 Å². The quantitative estimate of drug-likeness (QED) is 0.480. The van der Waals surface area contributed by atoms with Crippen LogP contribution in [0, 0.1) is 0 Å². The maximum atomic E-state index is 5.96. The van der Waals surface area contributed by atoms with Crippen molar-refractivity contribution in [3.8, 4) is 5.75 Å². The molecule has 0 amide bonds. The van der Waals surface area contributed by atoms with Gasteiger partial charge in [0.15, 0.2) is 5.96 Å². The molecule has 1 aromatic carbocycles. The van der Waals surface area contributed by atoms with Crippen molar-refractivity contribution in [3.63, 3.8) is 0 Å². The van der Waals surface area contributed by atoms with Crippen LogP contribution in [0.5, 0.6) is 5.75 Å². The minimum atomic E-state index is 0. The van der Waals surface area contributed by atoms with Crippen LogP contribution in [0.15, 0.2) is 29.3 Å². The van der Waals surface area contributed by atoms with E-state index >= 15 is 0 Å². The van der Waals surface area contributed by atoms with Crippen molar-refractivity contribution < 1.29 is 9.47 Å². The Morgan fingerprint density at radius 2 is 1.95 bits per heavy atom. The maximum absolute atomic E-state index is 5.96. The van der Waals surface area contributed by atoms with E-state index in [4.69, 9.17) is 15.2 Å². The highest BCUT2D eigenvalue weighted by Gasteiger charge is 2.11. The number of benzene rings is 1. The van der Waals surface area contributed by atoms with Crippen LogP contribution in [-0.2, 0) is 11.2 Å². The van der Waals surface area contributed by atoms with E-state index in [0.29, 0.717) is 12.5 Å². The molecular formula is C14H22IN3O2. The van der Waals surface area contributed by atoms with E-state index < -0.39 is 0 Å². The summed E-state index contributed by atoms with van der Waals surface area (Å²) < 4.78 is 10.4. The number of methoxy groups -OCH3 is 1. The highest BCUT2D eigenvalue weighted by atomic mass is 127. The molecule has 0 bridgehead atoms. The molecule has 0 unspecified atom stereocenters. The van der Waals surface area contributed by atoms with Crippen LogP contribution in [0.4, 0.5) is 0 Å². The lowest BCUT2D eigenvalue weighted by molar-refractivity contribution is 0.0674. The Labute approximate surface area is 137 Å². The number of rotatable bonds is 4. The first-order valence-corrected chi connectivity index (χ1v) is 6.55. The normalized spacial score (nSPS) is 15.7. The van der Waals surface area contributed by atoms with E-state index in [1.54, 1.807) is 7.11 Å². The summed E-state index contributed by atoms with van der Waals surface area (Å²) in [5.41, 5.74) is 7.19. The summed E-state index contributed by atoms with van der Waals surface area (Å²) in [5, 5.41) is 0. The van der Waals surface area contributed by atoms with Crippen molar-refractivity contribution in [3.05, 3.63) is 29.8 Å². The van der Waals surface area contributed by atoms with Crippen LogP contribution >= 0.6 is 24.0 Å². The van der Waals surface area contributed by atoms with Crippen LogP contribution in [0.1, 0.15) is 5.56 Å². The standard InChI is InChI=1S/C14H21N3O2.HI/c1-18-13-4-2-12(3-5-13)6-7-16-14(15)17-8-10-19-11-9-17;/h2-5H,6-11H2,1H3,(H2,15,16);1H. The molecular weight excluding hydrogens is 369 g/mol. The number of hydrogen-bond donors (Lipinski definition) is 1. The second kappa shape index (κ2) is 9.02. The summed E-state index contributed by atoms with van der Waals surface area (Å²) >= 11 is 0. The molecule has 1 fully saturated rings. The van der Waals surface area contributed by atoms with Gasteiger partial charge >= 0.3 is 0 Å². The zero-order valence-corrected chi connectivity index (χ0v) is 14.1. The van der Waals surface area contributed by atoms with Gasteiger partial charge in [-0.05, 0) is 24.1 Å². The third kappa shape index (κ3) is 5.16. The molecule has 112 valence electrons. The summed E-state index contributed by atoms with van der Waals surface area (Å²) in [6, 6.07) is 8.04. The fourth-order valence-electron chi connectivity index (χ4n) is 1.98. The predicted octanol–water partition coefficient (Wildman–Crippen LogP) is 1.50. The summed E-state index contributed by atoms with van der Waals surface area (Å²) in [6.45, 7) is 3.83. The van der Waals surface area contributed by atoms with Crippen molar-refractivity contribution in [2.24, 2.45) is 10.7 Å². The van der Waals surface area contributed by atoms with Gasteiger partial charge in [0.2, 0.25) is 0 Å². The molecule has 1 aromatic rings. The molecule has 0 spiro atoms. The monoisotopic (exact) mass is 391 g/mol. The molecule has 0 saturated carbocycles. The number of guanidine groups is 1. The van der Waals surface area contributed by atoms with Gasteiger partial charge in [-0.15, -0.1) is 24.0 Å². The first kappa shape index (κ1) is 17.0. The van der Waals surface area contributed by atoms with Crippen LogP contribution < -0.4 is 10.5 Å². The van der Waals surface area contributed by atoms with Gasteiger partial charge in [0.25, 0.3) is 0 Å². The fourth-order valence-corrected chi connectivity index (χ4v) is 1.98. The molecule has 6 heteroatoms. The molecule has 2 N–H and O–H groups in total. The van der Waals surface area contributed by atoms with Gasteiger partial charge in [0.05, 0.1) is 20.3 Å². The zero-order chi connectivity index (χ0) is 13.5. The number of nitrogens with zero attached hydrogens (tertiary/aromatic N) is 2. The Morgan fingerprint density at radius 1 is 1.30 bits per heavy atom. The number of morpholine rings is 1. The van der Waals surface area contributed by atoms with Crippen molar-refractivity contribution >= 4 is 29.9 Å². The topological polar surface area (TPSA) is 60.1 Å². The number of ether oxygens (including phenoxy) is 2. The van der Waals surface area contributed by atoms with Gasteiger partial charge in [0.1, 0.15) is 5.75 Å². The predicted molar refractivity (Wildman–Crippen MR) is 91.0 cm³/mol. The Hall–Kier alpha value is -1.02. The van der Waals surface area contributed by atoms with Gasteiger partial charge in [-0.3, -0.25) is 4.99 Å². The van der Waals surface area contributed by atoms with Gasteiger partial charge in [-0.25, -0.2) is 0 Å². The maximum Gasteiger partial charge on any atom is 0.191 e. The number of hydrogen-bond acceptors (Lipinski definition) is 3. The number of aliphatic imine (C=N–C) groups is 1. The van der Waals surface area contributed by atoms with E-state index in [9.17, 15) is 0 Å². The fraction of sp³-hybridized carbons (Fsp3) is 0.500. The SMILES string of the molecule is COc1ccc(CCN=C(N)N2CCOCC2)cc1.I. The smallest absolute Gasteiger partial charge is 0.191 e. The highest BCUT2D eigenvalue weighted by Crippen LogP contribution is 2.11. The average Bonchev–Trinajstić information content (AvgIpc) is 2.49. The van der Waals surface area contributed by atoms with Crippen LogP contribution in [0.3, 0.4) is 0 Å². The summed E-state index contributed by atoms with van der Waals surface area (Å²) in [4.78, 5) is 6.49. The largest absolute Gasteiger partial charge is 0.497 e. The Balaban J connectivity index is 0.00000200. The van der Waals surface area contributed by atoms with Crippen molar-refractivity contribution in [1.82, 2.24) is 4.90 Å². The minimum absolute atomic E-state index is 0. The molecule has 5 nitrogen and oxygen atoms in total. The summed E-state index contributed by atoms with van der Waals surface area (Å²) in [5.74, 6) is 1.50. The molecule has 0 aromatic heterocycles. The van der Waals surface area contributed by atoms with Crippen LogP contribution in [0.25, 0.3) is 0 Å². The van der Waals surface area contributed by atoms with E-state index in [-0.39, 0.29) is 24.0 Å². The third-order valence-electron chi connectivity index (χ3n) is 3.17. The molecule has 1 saturated heterocycles. The molecule has 1 aliphatic heterocycles. The molecule has 1 heterocycles.